The van der Waals surface area contributed by atoms with Gasteiger partial charge in [-0.2, -0.15) is 5.10 Å². The van der Waals surface area contributed by atoms with Gasteiger partial charge in [0.2, 0.25) is 5.75 Å². The number of anilines is 1. The molecule has 36 heavy (non-hydrogen) atoms. The molecule has 0 N–H and O–H groups in total. The number of nitrogens with zero attached hydrogens (tertiary/aromatic N) is 3. The Bertz CT molecular complexity index is 1270. The maximum atomic E-state index is 11.2. The van der Waals surface area contributed by atoms with Crippen molar-refractivity contribution < 1.29 is 28.6 Å². The van der Waals surface area contributed by atoms with Gasteiger partial charge in [-0.05, 0) is 48.0 Å². The summed E-state index contributed by atoms with van der Waals surface area (Å²) in [6, 6.07) is 15.5. The lowest BCUT2D eigenvalue weighted by molar-refractivity contribution is -0.384. The fourth-order valence-corrected chi connectivity index (χ4v) is 4.22. The van der Waals surface area contributed by atoms with E-state index in [4.69, 9.17) is 28.8 Å². The number of non-ortho nitro benzene ring substituents is 1. The quantitative estimate of drug-likeness (QED) is 0.303. The molecule has 3 aromatic carbocycles. The average molecular weight is 494 g/mol. The van der Waals surface area contributed by atoms with Gasteiger partial charge in [0.15, 0.2) is 23.0 Å². The van der Waals surface area contributed by atoms with Gasteiger partial charge in [-0.25, -0.2) is 0 Å². The van der Waals surface area contributed by atoms with Crippen LogP contribution in [-0.2, 0) is 0 Å². The SMILES string of the molecule is COc1ccc(C2=NN(c3ccc([N+](=O)[O-])cc3)C(c3cc(OC)c(OC)c(OC)c3)C2)cc1OC. The molecule has 10 heteroatoms. The van der Waals surface area contributed by atoms with Crippen LogP contribution >= 0.6 is 0 Å². The molecular formula is C26H27N3O7. The summed E-state index contributed by atoms with van der Waals surface area (Å²) in [6.45, 7) is 0. The van der Waals surface area contributed by atoms with Crippen LogP contribution in [0.5, 0.6) is 28.7 Å². The molecule has 0 radical (unpaired) electrons. The summed E-state index contributed by atoms with van der Waals surface area (Å²) in [5.74, 6) is 2.75. The van der Waals surface area contributed by atoms with Crippen LogP contribution in [0.2, 0.25) is 0 Å². The van der Waals surface area contributed by atoms with Gasteiger partial charge in [-0.3, -0.25) is 15.1 Å². The Balaban J connectivity index is 1.81. The largest absolute Gasteiger partial charge is 0.493 e. The number of methoxy groups -OCH3 is 5. The third-order valence-electron chi connectivity index (χ3n) is 6.02. The maximum absolute atomic E-state index is 11.2. The lowest BCUT2D eigenvalue weighted by atomic mass is 9.97. The molecule has 0 spiro atoms. The van der Waals surface area contributed by atoms with Gasteiger partial charge in [-0.1, -0.05) is 0 Å². The first-order valence-corrected chi connectivity index (χ1v) is 11.1. The van der Waals surface area contributed by atoms with Crippen LogP contribution in [0.15, 0.2) is 59.7 Å². The molecule has 188 valence electrons. The fourth-order valence-electron chi connectivity index (χ4n) is 4.22. The van der Waals surface area contributed by atoms with Crippen LogP contribution in [0.1, 0.15) is 23.6 Å². The summed E-state index contributed by atoms with van der Waals surface area (Å²) in [7, 11) is 7.85. The van der Waals surface area contributed by atoms with E-state index in [1.165, 1.54) is 12.1 Å². The van der Waals surface area contributed by atoms with E-state index in [1.807, 2.05) is 35.3 Å². The van der Waals surface area contributed by atoms with Crippen molar-refractivity contribution in [1.82, 2.24) is 0 Å². The zero-order valence-electron chi connectivity index (χ0n) is 20.7. The summed E-state index contributed by atoms with van der Waals surface area (Å²) in [5.41, 5.74) is 3.27. The van der Waals surface area contributed by atoms with Gasteiger partial charge >= 0.3 is 0 Å². The fraction of sp³-hybridized carbons (Fsp3) is 0.269. The zero-order chi connectivity index (χ0) is 25.8. The highest BCUT2D eigenvalue weighted by Gasteiger charge is 2.32. The van der Waals surface area contributed by atoms with E-state index in [0.29, 0.717) is 40.9 Å². The molecule has 4 rings (SSSR count). The van der Waals surface area contributed by atoms with Gasteiger partial charge in [-0.15, -0.1) is 0 Å². The van der Waals surface area contributed by atoms with Crippen LogP contribution in [0, 0.1) is 10.1 Å². The molecule has 1 aliphatic heterocycles. The number of benzene rings is 3. The summed E-state index contributed by atoms with van der Waals surface area (Å²) in [5, 5.41) is 17.9. The molecule has 0 saturated carbocycles. The standard InChI is InChI=1S/C26H27N3O7/c1-32-22-11-6-16(12-23(22)33-2)20-15-21(17-13-24(34-3)26(36-5)25(14-17)35-4)28(27-20)18-7-9-19(10-8-18)29(30)31/h6-14,21H,15H2,1-5H3. The third-order valence-corrected chi connectivity index (χ3v) is 6.02. The molecule has 3 aromatic rings. The van der Waals surface area contributed by atoms with Crippen LogP contribution in [-0.4, -0.2) is 46.2 Å². The zero-order valence-corrected chi connectivity index (χ0v) is 20.7. The lowest BCUT2D eigenvalue weighted by Gasteiger charge is -2.25. The molecule has 1 atom stereocenters. The van der Waals surface area contributed by atoms with Gasteiger partial charge < -0.3 is 23.7 Å². The predicted molar refractivity (Wildman–Crippen MR) is 135 cm³/mol. The minimum absolute atomic E-state index is 0.00590. The van der Waals surface area contributed by atoms with Crippen molar-refractivity contribution in [3.8, 4) is 28.7 Å². The Morgan fingerprint density at radius 2 is 1.42 bits per heavy atom. The molecule has 10 nitrogen and oxygen atoms in total. The van der Waals surface area contributed by atoms with Gasteiger partial charge in [0.25, 0.3) is 5.69 Å². The van der Waals surface area contributed by atoms with Crippen molar-refractivity contribution in [3.63, 3.8) is 0 Å². The van der Waals surface area contributed by atoms with Gasteiger partial charge in [0.05, 0.1) is 57.9 Å². The number of ether oxygens (including phenoxy) is 5. The number of nitro groups is 1. The van der Waals surface area contributed by atoms with E-state index in [9.17, 15) is 10.1 Å². The summed E-state index contributed by atoms with van der Waals surface area (Å²) in [4.78, 5) is 10.7. The Hall–Kier alpha value is -4.47. The highest BCUT2D eigenvalue weighted by Crippen LogP contribution is 2.44. The predicted octanol–water partition coefficient (Wildman–Crippen LogP) is 4.99. The molecule has 1 aliphatic rings. The molecule has 0 aromatic heterocycles. The number of rotatable bonds is 9. The minimum atomic E-state index is -0.428. The highest BCUT2D eigenvalue weighted by molar-refractivity contribution is 6.03. The number of hydrazone groups is 1. The Labute approximate surface area is 208 Å². The van der Waals surface area contributed by atoms with Crippen LogP contribution < -0.4 is 28.7 Å². The first-order chi connectivity index (χ1) is 17.4. The van der Waals surface area contributed by atoms with E-state index in [1.54, 1.807) is 47.7 Å². The minimum Gasteiger partial charge on any atom is -0.493 e. The molecule has 0 aliphatic carbocycles. The summed E-state index contributed by atoms with van der Waals surface area (Å²) in [6.07, 6.45) is 0.547. The molecule has 0 saturated heterocycles. The molecule has 0 fully saturated rings. The summed E-state index contributed by atoms with van der Waals surface area (Å²) >= 11 is 0. The van der Waals surface area contributed by atoms with Crippen molar-refractivity contribution in [2.45, 2.75) is 12.5 Å². The Morgan fingerprint density at radius 1 is 0.806 bits per heavy atom. The molecular weight excluding hydrogens is 466 g/mol. The molecule has 1 heterocycles. The van der Waals surface area contributed by atoms with Crippen LogP contribution in [0.25, 0.3) is 0 Å². The second kappa shape index (κ2) is 10.4. The third kappa shape index (κ3) is 4.57. The van der Waals surface area contributed by atoms with Crippen LogP contribution in [0.3, 0.4) is 0 Å². The first kappa shape index (κ1) is 24.6. The normalized spacial score (nSPS) is 14.8. The van der Waals surface area contributed by atoms with E-state index in [-0.39, 0.29) is 11.7 Å². The molecule has 0 amide bonds. The Morgan fingerprint density at radius 3 is 1.94 bits per heavy atom. The highest BCUT2D eigenvalue weighted by atomic mass is 16.6. The maximum Gasteiger partial charge on any atom is 0.269 e. The van der Waals surface area contributed by atoms with E-state index >= 15 is 0 Å². The number of nitro benzene ring substituents is 1. The van der Waals surface area contributed by atoms with Crippen LogP contribution in [0.4, 0.5) is 11.4 Å². The second-order valence-corrected chi connectivity index (χ2v) is 7.91. The van der Waals surface area contributed by atoms with Crippen molar-refractivity contribution >= 4 is 17.1 Å². The Kier molecular flexibility index (Phi) is 7.14. The molecule has 0 bridgehead atoms. The smallest absolute Gasteiger partial charge is 0.269 e. The van der Waals surface area contributed by atoms with Gasteiger partial charge in [0, 0.05) is 24.1 Å². The topological polar surface area (TPSA) is 105 Å². The van der Waals surface area contributed by atoms with Crippen molar-refractivity contribution in [3.05, 3.63) is 75.8 Å². The lowest BCUT2D eigenvalue weighted by Crippen LogP contribution is -2.18. The van der Waals surface area contributed by atoms with E-state index < -0.39 is 4.92 Å². The van der Waals surface area contributed by atoms with Crippen molar-refractivity contribution in [1.29, 1.82) is 0 Å². The average Bonchev–Trinajstić information content (AvgIpc) is 3.37. The van der Waals surface area contributed by atoms with E-state index in [2.05, 4.69) is 0 Å². The molecule has 1 unspecified atom stereocenters. The van der Waals surface area contributed by atoms with Crippen molar-refractivity contribution in [2.24, 2.45) is 5.10 Å². The van der Waals surface area contributed by atoms with Gasteiger partial charge in [0.1, 0.15) is 0 Å². The monoisotopic (exact) mass is 493 g/mol. The summed E-state index contributed by atoms with van der Waals surface area (Å²) < 4.78 is 27.4. The second-order valence-electron chi connectivity index (χ2n) is 7.91. The first-order valence-electron chi connectivity index (χ1n) is 11.1. The number of hydrogen-bond acceptors (Lipinski definition) is 9. The number of hydrogen-bond donors (Lipinski definition) is 0. The van der Waals surface area contributed by atoms with E-state index in [0.717, 1.165) is 16.8 Å². The van der Waals surface area contributed by atoms with Crippen molar-refractivity contribution in [2.75, 3.05) is 40.6 Å².